The zero-order valence-corrected chi connectivity index (χ0v) is 26.0. The molecule has 2 aromatic heterocycles. The van der Waals surface area contributed by atoms with Crippen molar-refractivity contribution >= 4 is 40.7 Å². The monoisotopic (exact) mass is 627 g/mol. The van der Waals surface area contributed by atoms with Crippen LogP contribution in [0, 0.1) is 5.82 Å². The van der Waals surface area contributed by atoms with Crippen molar-refractivity contribution in [2.24, 2.45) is 0 Å². The van der Waals surface area contributed by atoms with Gasteiger partial charge in [-0.15, -0.1) is 0 Å². The molecule has 0 aliphatic carbocycles. The van der Waals surface area contributed by atoms with E-state index in [4.69, 9.17) is 16.6 Å². The standard InChI is InChI=1S/C34H35ClFN7O2/c1-41(2)15-5-10-33(44)39-27-13-11-25(12-14-27)34(45)43-18-16-42(17-19-43)32-21-28(29(35)23-38-32)30-8-4-9-31(40-30)37-22-24-6-3-7-26(36)20-24/h3-14,20-21,23H,15-19,22H2,1-2H3,(H,37,40)(H,39,44)/b10-5+. The van der Waals surface area contributed by atoms with Crippen LogP contribution in [0.4, 0.5) is 21.7 Å². The van der Waals surface area contributed by atoms with Gasteiger partial charge in [0.15, 0.2) is 0 Å². The van der Waals surface area contributed by atoms with Gasteiger partial charge in [0.2, 0.25) is 5.91 Å². The predicted molar refractivity (Wildman–Crippen MR) is 177 cm³/mol. The molecule has 0 spiro atoms. The molecule has 232 valence electrons. The fourth-order valence-electron chi connectivity index (χ4n) is 4.89. The highest BCUT2D eigenvalue weighted by Gasteiger charge is 2.24. The Morgan fingerprint density at radius 3 is 2.49 bits per heavy atom. The second kappa shape index (κ2) is 14.8. The van der Waals surface area contributed by atoms with Crippen LogP contribution in [0.5, 0.6) is 0 Å². The molecule has 1 aliphatic heterocycles. The predicted octanol–water partition coefficient (Wildman–Crippen LogP) is 5.57. The second-order valence-electron chi connectivity index (χ2n) is 10.9. The van der Waals surface area contributed by atoms with Crippen molar-refractivity contribution in [3.05, 3.63) is 113 Å². The number of nitrogens with zero attached hydrogens (tertiary/aromatic N) is 5. The molecule has 1 saturated heterocycles. The molecule has 45 heavy (non-hydrogen) atoms. The molecular weight excluding hydrogens is 593 g/mol. The van der Waals surface area contributed by atoms with Gasteiger partial charge in [-0.3, -0.25) is 9.59 Å². The average Bonchev–Trinajstić information content (AvgIpc) is 3.04. The smallest absolute Gasteiger partial charge is 0.253 e. The summed E-state index contributed by atoms with van der Waals surface area (Å²) in [5.74, 6) is 0.839. The number of piperazine rings is 1. The summed E-state index contributed by atoms with van der Waals surface area (Å²) in [4.78, 5) is 40.5. The molecule has 2 N–H and O–H groups in total. The molecule has 11 heteroatoms. The van der Waals surface area contributed by atoms with E-state index in [9.17, 15) is 14.0 Å². The summed E-state index contributed by atoms with van der Waals surface area (Å²) >= 11 is 6.55. The minimum Gasteiger partial charge on any atom is -0.366 e. The summed E-state index contributed by atoms with van der Waals surface area (Å²) in [6, 6.07) is 20.9. The van der Waals surface area contributed by atoms with Gasteiger partial charge in [0.25, 0.3) is 5.91 Å². The van der Waals surface area contributed by atoms with Crippen LogP contribution < -0.4 is 15.5 Å². The van der Waals surface area contributed by atoms with Crippen molar-refractivity contribution in [1.29, 1.82) is 0 Å². The normalized spacial score (nSPS) is 13.4. The number of carbonyl (C=O) groups excluding carboxylic acids is 2. The highest BCUT2D eigenvalue weighted by Crippen LogP contribution is 2.30. The van der Waals surface area contributed by atoms with Crippen LogP contribution in [0.1, 0.15) is 15.9 Å². The number of likely N-dealkylation sites (N-methyl/N-ethyl adjacent to an activating group) is 1. The third kappa shape index (κ3) is 8.65. The Balaban J connectivity index is 1.18. The maximum atomic E-state index is 13.5. The fraction of sp³-hybridized carbons (Fsp3) is 0.235. The number of halogens is 2. The van der Waals surface area contributed by atoms with Gasteiger partial charge in [0, 0.05) is 68.4 Å². The Morgan fingerprint density at radius 1 is 1.00 bits per heavy atom. The van der Waals surface area contributed by atoms with Gasteiger partial charge >= 0.3 is 0 Å². The van der Waals surface area contributed by atoms with E-state index in [-0.39, 0.29) is 17.6 Å². The maximum Gasteiger partial charge on any atom is 0.253 e. The molecule has 2 aromatic carbocycles. The van der Waals surface area contributed by atoms with Crippen LogP contribution in [-0.4, -0.2) is 78.4 Å². The number of amides is 2. The van der Waals surface area contributed by atoms with Crippen LogP contribution in [0.15, 0.2) is 91.1 Å². The van der Waals surface area contributed by atoms with Crippen molar-refractivity contribution in [3.8, 4) is 11.3 Å². The number of carbonyl (C=O) groups is 2. The molecule has 0 atom stereocenters. The van der Waals surface area contributed by atoms with Crippen LogP contribution in [-0.2, 0) is 11.3 Å². The lowest BCUT2D eigenvalue weighted by Crippen LogP contribution is -2.49. The van der Waals surface area contributed by atoms with Crippen molar-refractivity contribution in [1.82, 2.24) is 19.8 Å². The number of benzene rings is 2. The largest absolute Gasteiger partial charge is 0.366 e. The minimum absolute atomic E-state index is 0.0603. The van der Waals surface area contributed by atoms with Gasteiger partial charge in [-0.1, -0.05) is 35.9 Å². The molecule has 0 radical (unpaired) electrons. The molecule has 1 fully saturated rings. The number of nitrogens with one attached hydrogen (secondary N) is 2. The molecule has 5 rings (SSSR count). The molecule has 9 nitrogen and oxygen atoms in total. The zero-order chi connectivity index (χ0) is 31.8. The lowest BCUT2D eigenvalue weighted by Gasteiger charge is -2.35. The minimum atomic E-state index is -0.280. The Kier molecular flexibility index (Phi) is 10.4. The first-order valence-corrected chi connectivity index (χ1v) is 15.0. The third-order valence-corrected chi connectivity index (χ3v) is 7.56. The summed E-state index contributed by atoms with van der Waals surface area (Å²) in [6.07, 6.45) is 4.91. The fourth-order valence-corrected chi connectivity index (χ4v) is 5.09. The molecule has 2 amide bonds. The number of aromatic nitrogens is 2. The lowest BCUT2D eigenvalue weighted by atomic mass is 10.1. The summed E-state index contributed by atoms with van der Waals surface area (Å²) < 4.78 is 13.5. The van der Waals surface area contributed by atoms with E-state index in [1.807, 2.05) is 54.2 Å². The van der Waals surface area contributed by atoms with Gasteiger partial charge in [0.05, 0.1) is 10.7 Å². The first kappa shape index (κ1) is 31.6. The Hall–Kier alpha value is -4.80. The number of rotatable bonds is 10. The van der Waals surface area contributed by atoms with Crippen molar-refractivity contribution in [3.63, 3.8) is 0 Å². The topological polar surface area (TPSA) is 93.7 Å². The van der Waals surface area contributed by atoms with E-state index < -0.39 is 0 Å². The number of pyridine rings is 2. The van der Waals surface area contributed by atoms with Crippen molar-refractivity contribution < 1.29 is 14.0 Å². The van der Waals surface area contributed by atoms with Gasteiger partial charge < -0.3 is 25.3 Å². The summed E-state index contributed by atoms with van der Waals surface area (Å²) in [5.41, 5.74) is 3.44. The van der Waals surface area contributed by atoms with Crippen LogP contribution >= 0.6 is 11.6 Å². The van der Waals surface area contributed by atoms with Crippen molar-refractivity contribution in [2.45, 2.75) is 6.54 Å². The van der Waals surface area contributed by atoms with E-state index in [1.54, 1.807) is 42.6 Å². The SMILES string of the molecule is CN(C)C/C=C/C(=O)Nc1ccc(C(=O)N2CCN(c3cc(-c4cccc(NCc5cccc(F)c5)n4)c(Cl)cn3)CC2)cc1. The van der Waals surface area contributed by atoms with E-state index in [2.05, 4.69) is 20.5 Å². The molecule has 0 unspecified atom stereocenters. The quantitative estimate of drug-likeness (QED) is 0.222. The Labute approximate surface area is 267 Å². The summed E-state index contributed by atoms with van der Waals surface area (Å²) in [7, 11) is 3.86. The lowest BCUT2D eigenvalue weighted by molar-refractivity contribution is -0.111. The molecular formula is C34H35ClFN7O2. The molecule has 1 aliphatic rings. The highest BCUT2D eigenvalue weighted by molar-refractivity contribution is 6.33. The third-order valence-electron chi connectivity index (χ3n) is 7.26. The van der Waals surface area contributed by atoms with Crippen LogP contribution in [0.3, 0.4) is 0 Å². The van der Waals surface area contributed by atoms with E-state index >= 15 is 0 Å². The number of anilines is 3. The highest BCUT2D eigenvalue weighted by atomic mass is 35.5. The maximum absolute atomic E-state index is 13.5. The van der Waals surface area contributed by atoms with E-state index in [0.717, 1.165) is 16.9 Å². The Morgan fingerprint density at radius 2 is 1.76 bits per heavy atom. The molecule has 0 bridgehead atoms. The first-order chi connectivity index (χ1) is 21.7. The summed E-state index contributed by atoms with van der Waals surface area (Å²) in [6.45, 7) is 3.39. The van der Waals surface area contributed by atoms with Gasteiger partial charge in [-0.25, -0.2) is 14.4 Å². The molecule has 3 heterocycles. The number of hydrogen-bond donors (Lipinski definition) is 2. The Bertz CT molecular complexity index is 1670. The zero-order valence-electron chi connectivity index (χ0n) is 25.2. The van der Waals surface area contributed by atoms with Crippen molar-refractivity contribution in [2.75, 3.05) is 62.4 Å². The number of hydrogen-bond acceptors (Lipinski definition) is 7. The van der Waals surface area contributed by atoms with Crippen LogP contribution in [0.2, 0.25) is 5.02 Å². The molecule has 0 saturated carbocycles. The van der Waals surface area contributed by atoms with Gasteiger partial charge in [-0.2, -0.15) is 0 Å². The second-order valence-corrected chi connectivity index (χ2v) is 11.3. The van der Waals surface area contributed by atoms with E-state index in [0.29, 0.717) is 67.1 Å². The average molecular weight is 628 g/mol. The van der Waals surface area contributed by atoms with Gasteiger partial charge in [0.1, 0.15) is 17.5 Å². The summed E-state index contributed by atoms with van der Waals surface area (Å²) in [5, 5.41) is 6.53. The van der Waals surface area contributed by atoms with Crippen LogP contribution in [0.25, 0.3) is 11.3 Å². The first-order valence-electron chi connectivity index (χ1n) is 14.6. The van der Waals surface area contributed by atoms with E-state index in [1.165, 1.54) is 18.2 Å². The van der Waals surface area contributed by atoms with Gasteiger partial charge in [-0.05, 0) is 74.3 Å². The molecule has 4 aromatic rings.